The van der Waals surface area contributed by atoms with Crippen LogP contribution in [0.2, 0.25) is 0 Å². The molecule has 0 spiro atoms. The van der Waals surface area contributed by atoms with Crippen molar-refractivity contribution < 1.29 is 9.13 Å². The van der Waals surface area contributed by atoms with Gasteiger partial charge in [-0.15, -0.1) is 0 Å². The molecule has 2 aliphatic heterocycles. The van der Waals surface area contributed by atoms with E-state index in [2.05, 4.69) is 16.8 Å². The van der Waals surface area contributed by atoms with E-state index in [1.807, 2.05) is 6.07 Å². The number of likely N-dealkylation sites (N-methyl/N-ethyl adjacent to an activating group) is 1. The molecule has 2 fully saturated rings. The first-order valence-electron chi connectivity index (χ1n) is 7.44. The fourth-order valence-electron chi connectivity index (χ4n) is 3.59. The van der Waals surface area contributed by atoms with Gasteiger partial charge in [-0.05, 0) is 44.0 Å². The Hall–Kier alpha value is -1.13. The SMILES string of the molecule is COc1ccc(CN2CCC3CCC(C2)N3C)cc1F. The lowest BCUT2D eigenvalue weighted by atomic mass is 10.1. The molecule has 0 aliphatic carbocycles. The Morgan fingerprint density at radius 3 is 2.80 bits per heavy atom. The average molecular weight is 278 g/mol. The van der Waals surface area contributed by atoms with E-state index in [0.29, 0.717) is 11.8 Å². The van der Waals surface area contributed by atoms with Crippen LogP contribution < -0.4 is 4.74 Å². The lowest BCUT2D eigenvalue weighted by Gasteiger charge is -2.25. The molecule has 1 aromatic rings. The smallest absolute Gasteiger partial charge is 0.165 e. The van der Waals surface area contributed by atoms with Gasteiger partial charge in [-0.25, -0.2) is 4.39 Å². The van der Waals surface area contributed by atoms with Gasteiger partial charge in [0.2, 0.25) is 0 Å². The first kappa shape index (κ1) is 13.8. The molecule has 2 saturated heterocycles. The monoisotopic (exact) mass is 278 g/mol. The summed E-state index contributed by atoms with van der Waals surface area (Å²) in [6.07, 6.45) is 3.87. The van der Waals surface area contributed by atoms with Crippen molar-refractivity contribution in [2.75, 3.05) is 27.2 Å². The molecule has 2 aliphatic rings. The number of benzene rings is 1. The van der Waals surface area contributed by atoms with E-state index < -0.39 is 0 Å². The molecule has 20 heavy (non-hydrogen) atoms. The van der Waals surface area contributed by atoms with Gasteiger partial charge in [-0.3, -0.25) is 9.80 Å². The zero-order chi connectivity index (χ0) is 14.1. The summed E-state index contributed by atoms with van der Waals surface area (Å²) >= 11 is 0. The highest BCUT2D eigenvalue weighted by molar-refractivity contribution is 5.29. The Kier molecular flexibility index (Phi) is 3.94. The van der Waals surface area contributed by atoms with Crippen molar-refractivity contribution in [1.82, 2.24) is 9.80 Å². The normalized spacial score (nSPS) is 27.6. The highest BCUT2D eigenvalue weighted by Gasteiger charge is 2.34. The van der Waals surface area contributed by atoms with E-state index >= 15 is 0 Å². The Morgan fingerprint density at radius 1 is 1.25 bits per heavy atom. The van der Waals surface area contributed by atoms with Crippen LogP contribution in [0.3, 0.4) is 0 Å². The number of hydrogen-bond donors (Lipinski definition) is 0. The molecule has 0 amide bonds. The van der Waals surface area contributed by atoms with Crippen LogP contribution in [0.4, 0.5) is 4.39 Å². The minimum atomic E-state index is -0.265. The van der Waals surface area contributed by atoms with Gasteiger partial charge in [0.05, 0.1) is 7.11 Å². The lowest BCUT2D eigenvalue weighted by Crippen LogP contribution is -2.36. The Labute approximate surface area is 120 Å². The minimum Gasteiger partial charge on any atom is -0.494 e. The van der Waals surface area contributed by atoms with Crippen molar-refractivity contribution in [2.45, 2.75) is 37.9 Å². The van der Waals surface area contributed by atoms with E-state index in [9.17, 15) is 4.39 Å². The Morgan fingerprint density at radius 2 is 2.05 bits per heavy atom. The number of rotatable bonds is 3. The fraction of sp³-hybridized carbons (Fsp3) is 0.625. The highest BCUT2D eigenvalue weighted by atomic mass is 19.1. The van der Waals surface area contributed by atoms with Gasteiger partial charge in [0.25, 0.3) is 0 Å². The van der Waals surface area contributed by atoms with Crippen LogP contribution in [0.15, 0.2) is 18.2 Å². The molecule has 2 unspecified atom stereocenters. The number of nitrogens with zero attached hydrogens (tertiary/aromatic N) is 2. The number of methoxy groups -OCH3 is 1. The van der Waals surface area contributed by atoms with Gasteiger partial charge < -0.3 is 4.74 Å². The second kappa shape index (κ2) is 5.70. The molecule has 0 N–H and O–H groups in total. The molecule has 0 aromatic heterocycles. The number of ether oxygens (including phenoxy) is 1. The fourth-order valence-corrected chi connectivity index (χ4v) is 3.59. The maximum Gasteiger partial charge on any atom is 0.165 e. The van der Waals surface area contributed by atoms with Crippen LogP contribution in [0, 0.1) is 5.82 Å². The summed E-state index contributed by atoms with van der Waals surface area (Å²) in [5.41, 5.74) is 1.03. The zero-order valence-corrected chi connectivity index (χ0v) is 12.3. The third-order valence-corrected chi connectivity index (χ3v) is 4.85. The van der Waals surface area contributed by atoms with Crippen molar-refractivity contribution >= 4 is 0 Å². The van der Waals surface area contributed by atoms with E-state index in [0.717, 1.165) is 31.2 Å². The molecular weight excluding hydrogens is 255 g/mol. The summed E-state index contributed by atoms with van der Waals surface area (Å²) in [4.78, 5) is 5.00. The first-order chi connectivity index (χ1) is 9.67. The molecule has 2 heterocycles. The maximum absolute atomic E-state index is 13.7. The molecule has 0 radical (unpaired) electrons. The Balaban J connectivity index is 1.67. The van der Waals surface area contributed by atoms with Gasteiger partial charge in [0.1, 0.15) is 0 Å². The standard InChI is InChI=1S/C16H23FN2O/c1-18-13-4-5-14(18)11-19(8-7-13)10-12-3-6-16(20-2)15(17)9-12/h3,6,9,13-14H,4-5,7-8,10-11H2,1-2H3. The quantitative estimate of drug-likeness (QED) is 0.845. The number of likely N-dealkylation sites (tertiary alicyclic amines) is 1. The molecule has 2 atom stereocenters. The first-order valence-corrected chi connectivity index (χ1v) is 7.44. The maximum atomic E-state index is 13.7. The van der Waals surface area contributed by atoms with E-state index in [1.54, 1.807) is 12.1 Å². The summed E-state index contributed by atoms with van der Waals surface area (Å²) in [7, 11) is 3.75. The van der Waals surface area contributed by atoms with E-state index in [-0.39, 0.29) is 5.82 Å². The third kappa shape index (κ3) is 2.67. The molecule has 2 bridgehead atoms. The second-order valence-electron chi connectivity index (χ2n) is 6.04. The molecule has 0 saturated carbocycles. The van der Waals surface area contributed by atoms with Crippen LogP contribution >= 0.6 is 0 Å². The van der Waals surface area contributed by atoms with Gasteiger partial charge >= 0.3 is 0 Å². The summed E-state index contributed by atoms with van der Waals surface area (Å²) in [5, 5.41) is 0. The van der Waals surface area contributed by atoms with Crippen LogP contribution in [0.1, 0.15) is 24.8 Å². The van der Waals surface area contributed by atoms with Gasteiger partial charge in [0, 0.05) is 31.7 Å². The summed E-state index contributed by atoms with van der Waals surface area (Å²) in [5.74, 6) is 0.0573. The zero-order valence-electron chi connectivity index (χ0n) is 12.3. The van der Waals surface area contributed by atoms with Crippen molar-refractivity contribution in [1.29, 1.82) is 0 Å². The Bertz CT molecular complexity index is 480. The predicted molar refractivity (Wildman–Crippen MR) is 77.4 cm³/mol. The second-order valence-corrected chi connectivity index (χ2v) is 6.04. The molecule has 3 nitrogen and oxygen atoms in total. The molecule has 110 valence electrons. The number of hydrogen-bond acceptors (Lipinski definition) is 3. The third-order valence-electron chi connectivity index (χ3n) is 4.85. The molecule has 3 rings (SSSR count). The number of halogens is 1. The van der Waals surface area contributed by atoms with Gasteiger partial charge in [-0.2, -0.15) is 0 Å². The van der Waals surface area contributed by atoms with Crippen LogP contribution in [-0.4, -0.2) is 49.1 Å². The summed E-state index contributed by atoms with van der Waals surface area (Å²) < 4.78 is 18.7. The molecular formula is C16H23FN2O. The minimum absolute atomic E-state index is 0.265. The topological polar surface area (TPSA) is 15.7 Å². The predicted octanol–water partition coefficient (Wildman–Crippen LogP) is 2.50. The largest absolute Gasteiger partial charge is 0.494 e. The summed E-state index contributed by atoms with van der Waals surface area (Å²) in [6.45, 7) is 3.04. The van der Waals surface area contributed by atoms with E-state index in [4.69, 9.17) is 4.74 Å². The van der Waals surface area contributed by atoms with Crippen molar-refractivity contribution in [3.63, 3.8) is 0 Å². The van der Waals surface area contributed by atoms with Crippen LogP contribution in [0.5, 0.6) is 5.75 Å². The highest BCUT2D eigenvalue weighted by Crippen LogP contribution is 2.29. The lowest BCUT2D eigenvalue weighted by molar-refractivity contribution is 0.214. The van der Waals surface area contributed by atoms with Crippen LogP contribution in [-0.2, 0) is 6.54 Å². The average Bonchev–Trinajstić information content (AvgIpc) is 2.67. The van der Waals surface area contributed by atoms with Gasteiger partial charge in [-0.1, -0.05) is 6.07 Å². The van der Waals surface area contributed by atoms with Crippen LogP contribution in [0.25, 0.3) is 0 Å². The summed E-state index contributed by atoms with van der Waals surface area (Å²) in [6, 6.07) is 6.71. The molecule has 1 aromatic carbocycles. The van der Waals surface area contributed by atoms with Crippen molar-refractivity contribution in [3.05, 3.63) is 29.6 Å². The number of fused-ring (bicyclic) bond motifs is 2. The van der Waals surface area contributed by atoms with Crippen molar-refractivity contribution in [3.8, 4) is 5.75 Å². The van der Waals surface area contributed by atoms with E-state index in [1.165, 1.54) is 26.4 Å². The van der Waals surface area contributed by atoms with Gasteiger partial charge in [0.15, 0.2) is 11.6 Å². The van der Waals surface area contributed by atoms with Crippen molar-refractivity contribution in [2.24, 2.45) is 0 Å². The molecule has 4 heteroatoms.